The van der Waals surface area contributed by atoms with Gasteiger partial charge in [-0.15, -0.1) is 0 Å². The number of hydrogen-bond acceptors (Lipinski definition) is 4. The summed E-state index contributed by atoms with van der Waals surface area (Å²) >= 11 is 0. The zero-order chi connectivity index (χ0) is 10.8. The van der Waals surface area contributed by atoms with E-state index < -0.39 is 6.10 Å². The van der Waals surface area contributed by atoms with E-state index in [1.165, 1.54) is 0 Å². The second-order valence-electron chi connectivity index (χ2n) is 3.96. The van der Waals surface area contributed by atoms with Crippen molar-refractivity contribution in [1.29, 1.82) is 0 Å². The van der Waals surface area contributed by atoms with E-state index in [-0.39, 0.29) is 24.4 Å². The minimum Gasteiger partial charge on any atom is -0.391 e. The number of aliphatic hydroxyl groups is 1. The molecule has 0 aromatic heterocycles. The zero-order valence-corrected chi connectivity index (χ0v) is 8.40. The van der Waals surface area contributed by atoms with E-state index in [0.717, 1.165) is 0 Å². The van der Waals surface area contributed by atoms with Crippen LogP contribution >= 0.6 is 0 Å². The second-order valence-corrected chi connectivity index (χ2v) is 3.96. The lowest BCUT2D eigenvalue weighted by Crippen LogP contribution is -2.58. The molecule has 2 amide bonds. The van der Waals surface area contributed by atoms with E-state index in [2.05, 4.69) is 10.6 Å². The minimum atomic E-state index is -0.396. The molecular formula is C9H15N3O3. The molecule has 6 nitrogen and oxygen atoms in total. The minimum absolute atomic E-state index is 0.0356. The summed E-state index contributed by atoms with van der Waals surface area (Å²) < 4.78 is 0. The van der Waals surface area contributed by atoms with E-state index in [9.17, 15) is 14.7 Å². The smallest absolute Gasteiger partial charge is 0.241 e. The van der Waals surface area contributed by atoms with Gasteiger partial charge in [0.1, 0.15) is 6.04 Å². The van der Waals surface area contributed by atoms with Crippen molar-refractivity contribution >= 4 is 11.8 Å². The lowest BCUT2D eigenvalue weighted by molar-refractivity contribution is -0.134. The summed E-state index contributed by atoms with van der Waals surface area (Å²) in [6.07, 6.45) is 0.247. The fourth-order valence-corrected chi connectivity index (χ4v) is 1.90. The maximum atomic E-state index is 11.9. The molecule has 0 spiro atoms. The van der Waals surface area contributed by atoms with Crippen LogP contribution in [0, 0.1) is 0 Å². The van der Waals surface area contributed by atoms with Crippen LogP contribution in [0.5, 0.6) is 0 Å². The molecular weight excluding hydrogens is 198 g/mol. The second kappa shape index (κ2) is 4.16. The molecule has 6 heteroatoms. The van der Waals surface area contributed by atoms with Crippen molar-refractivity contribution < 1.29 is 14.7 Å². The Morgan fingerprint density at radius 1 is 1.53 bits per heavy atom. The Kier molecular flexibility index (Phi) is 2.88. The molecule has 15 heavy (non-hydrogen) atoms. The Morgan fingerprint density at radius 2 is 2.33 bits per heavy atom. The number of aliphatic hydroxyl groups excluding tert-OH is 1. The van der Waals surface area contributed by atoms with Gasteiger partial charge in [0.2, 0.25) is 11.8 Å². The highest BCUT2D eigenvalue weighted by Crippen LogP contribution is 2.10. The first-order valence-electron chi connectivity index (χ1n) is 5.14. The monoisotopic (exact) mass is 213 g/mol. The number of rotatable bonds is 1. The number of carbonyl (C=O) groups excluding carboxylic acids is 2. The van der Waals surface area contributed by atoms with Crippen LogP contribution < -0.4 is 10.6 Å². The van der Waals surface area contributed by atoms with Gasteiger partial charge in [0, 0.05) is 19.6 Å². The van der Waals surface area contributed by atoms with Gasteiger partial charge in [-0.25, -0.2) is 0 Å². The molecule has 2 heterocycles. The number of piperazine rings is 1. The van der Waals surface area contributed by atoms with Gasteiger partial charge < -0.3 is 15.3 Å². The quantitative estimate of drug-likeness (QED) is 0.456. The van der Waals surface area contributed by atoms with Crippen LogP contribution in [0.3, 0.4) is 0 Å². The van der Waals surface area contributed by atoms with Crippen molar-refractivity contribution in [2.75, 3.05) is 26.2 Å². The van der Waals surface area contributed by atoms with Crippen molar-refractivity contribution in [1.82, 2.24) is 15.5 Å². The van der Waals surface area contributed by atoms with Gasteiger partial charge in [0.05, 0.1) is 12.6 Å². The number of nitrogens with one attached hydrogen (secondary N) is 2. The Labute approximate surface area is 87.6 Å². The summed E-state index contributed by atoms with van der Waals surface area (Å²) in [4.78, 5) is 24.4. The predicted octanol–water partition coefficient (Wildman–Crippen LogP) is -2.33. The summed E-state index contributed by atoms with van der Waals surface area (Å²) in [5.74, 6) is -0.118. The van der Waals surface area contributed by atoms with Crippen LogP contribution in [0.1, 0.15) is 6.42 Å². The Bertz CT molecular complexity index is 272. The Morgan fingerprint density at radius 3 is 2.87 bits per heavy atom. The molecule has 0 aromatic carbocycles. The number of likely N-dealkylation sites (tertiary alicyclic amines) is 1. The first-order chi connectivity index (χ1) is 7.16. The molecule has 2 saturated heterocycles. The molecule has 1 unspecified atom stereocenters. The van der Waals surface area contributed by atoms with E-state index >= 15 is 0 Å². The van der Waals surface area contributed by atoms with Gasteiger partial charge in [-0.05, 0) is 6.42 Å². The maximum absolute atomic E-state index is 11.9. The lowest BCUT2D eigenvalue weighted by atomic mass is 10.2. The number of amides is 2. The number of nitrogens with zero attached hydrogens (tertiary/aromatic N) is 1. The van der Waals surface area contributed by atoms with E-state index in [0.29, 0.717) is 26.1 Å². The molecule has 2 fully saturated rings. The van der Waals surface area contributed by atoms with Gasteiger partial charge >= 0.3 is 0 Å². The predicted molar refractivity (Wildman–Crippen MR) is 52.0 cm³/mol. The van der Waals surface area contributed by atoms with Gasteiger partial charge in [0.25, 0.3) is 0 Å². The molecule has 0 saturated carbocycles. The fourth-order valence-electron chi connectivity index (χ4n) is 1.90. The van der Waals surface area contributed by atoms with E-state index in [1.54, 1.807) is 4.90 Å². The molecule has 0 bridgehead atoms. The summed E-state index contributed by atoms with van der Waals surface area (Å²) in [5.41, 5.74) is 0. The highest BCUT2D eigenvalue weighted by Gasteiger charge is 2.31. The Balaban J connectivity index is 1.88. The highest BCUT2D eigenvalue weighted by atomic mass is 16.3. The average Bonchev–Trinajstić information content (AvgIpc) is 2.65. The molecule has 3 N–H and O–H groups in total. The van der Waals surface area contributed by atoms with Crippen LogP contribution in [0.15, 0.2) is 0 Å². The SMILES string of the molecule is O=C1CNC(C(=O)N2CC[C@H](O)C2)CN1. The average molecular weight is 213 g/mol. The van der Waals surface area contributed by atoms with E-state index in [4.69, 9.17) is 0 Å². The normalized spacial score (nSPS) is 31.5. The van der Waals surface area contributed by atoms with Crippen molar-refractivity contribution in [2.24, 2.45) is 0 Å². The number of hydrogen-bond donors (Lipinski definition) is 3. The summed E-state index contributed by atoms with van der Waals surface area (Å²) in [6.45, 7) is 1.54. The third-order valence-electron chi connectivity index (χ3n) is 2.79. The number of β-amino-alcohol motifs (C(OH)–C–C–N with tert-alkyl or cyclic N) is 1. The fraction of sp³-hybridized carbons (Fsp3) is 0.778. The maximum Gasteiger partial charge on any atom is 0.241 e. The van der Waals surface area contributed by atoms with Crippen LogP contribution in [-0.4, -0.2) is 60.1 Å². The molecule has 84 valence electrons. The highest BCUT2D eigenvalue weighted by molar-refractivity contribution is 5.87. The molecule has 0 aromatic rings. The molecule has 2 rings (SSSR count). The van der Waals surface area contributed by atoms with Crippen LogP contribution in [0.2, 0.25) is 0 Å². The third kappa shape index (κ3) is 2.27. The molecule has 2 aliphatic rings. The van der Waals surface area contributed by atoms with Gasteiger partial charge in [-0.1, -0.05) is 0 Å². The van der Waals surface area contributed by atoms with Crippen molar-refractivity contribution in [3.8, 4) is 0 Å². The topological polar surface area (TPSA) is 81.7 Å². The standard InChI is InChI=1S/C9H15N3O3/c13-6-1-2-12(5-6)9(15)7-3-11-8(14)4-10-7/h6-7,10,13H,1-5H2,(H,11,14)/t6-,7?/m0/s1. The first-order valence-corrected chi connectivity index (χ1v) is 5.14. The zero-order valence-electron chi connectivity index (χ0n) is 8.40. The lowest BCUT2D eigenvalue weighted by Gasteiger charge is -2.27. The number of carbonyl (C=O) groups is 2. The molecule has 2 aliphatic heterocycles. The van der Waals surface area contributed by atoms with Gasteiger partial charge in [0.15, 0.2) is 0 Å². The summed E-state index contributed by atoms with van der Waals surface area (Å²) in [5, 5.41) is 14.8. The Hall–Kier alpha value is -1.14. The first kappa shape index (κ1) is 10.4. The third-order valence-corrected chi connectivity index (χ3v) is 2.79. The molecule has 0 radical (unpaired) electrons. The molecule has 2 atom stereocenters. The largest absolute Gasteiger partial charge is 0.391 e. The summed E-state index contributed by atoms with van der Waals surface area (Å²) in [7, 11) is 0. The summed E-state index contributed by atoms with van der Waals surface area (Å²) in [6, 6.07) is -0.340. The van der Waals surface area contributed by atoms with Crippen molar-refractivity contribution in [2.45, 2.75) is 18.6 Å². The van der Waals surface area contributed by atoms with Crippen LogP contribution in [0.4, 0.5) is 0 Å². The van der Waals surface area contributed by atoms with E-state index in [1.807, 2.05) is 0 Å². The van der Waals surface area contributed by atoms with Crippen molar-refractivity contribution in [3.05, 3.63) is 0 Å². The van der Waals surface area contributed by atoms with Gasteiger partial charge in [-0.2, -0.15) is 0 Å². The van der Waals surface area contributed by atoms with Crippen LogP contribution in [-0.2, 0) is 9.59 Å². The van der Waals surface area contributed by atoms with Crippen molar-refractivity contribution in [3.63, 3.8) is 0 Å². The van der Waals surface area contributed by atoms with Crippen LogP contribution in [0.25, 0.3) is 0 Å². The van der Waals surface area contributed by atoms with Gasteiger partial charge in [-0.3, -0.25) is 14.9 Å². The molecule has 0 aliphatic carbocycles.